The Balaban J connectivity index is 1.93. The van der Waals surface area contributed by atoms with Crippen molar-refractivity contribution in [1.29, 1.82) is 0 Å². The number of nitrogens with two attached hydrogens (primary N) is 1. The summed E-state index contributed by atoms with van der Waals surface area (Å²) in [5, 5.41) is 9.80. The van der Waals surface area contributed by atoms with Gasteiger partial charge in [-0.25, -0.2) is 4.79 Å². The van der Waals surface area contributed by atoms with Gasteiger partial charge in [0.1, 0.15) is 0 Å². The van der Waals surface area contributed by atoms with Crippen LogP contribution in [0.5, 0.6) is 0 Å². The maximum atomic E-state index is 12.4. The molecule has 1 saturated carbocycles. The molecule has 2 rings (SSSR count). The molecule has 0 radical (unpaired) electrons. The Bertz CT molecular complexity index is 567. The van der Waals surface area contributed by atoms with Crippen LogP contribution in [-0.2, 0) is 20.7 Å². The molecule has 1 aliphatic rings. The smallest absolute Gasteiger partial charge is 0.353 e. The van der Waals surface area contributed by atoms with Crippen molar-refractivity contribution in [2.75, 3.05) is 14.2 Å². The normalized spacial score (nSPS) is 17.9. The fourth-order valence-corrected chi connectivity index (χ4v) is 2.76. The Morgan fingerprint density at radius 3 is 2.48 bits per heavy atom. The summed E-state index contributed by atoms with van der Waals surface area (Å²) in [4.78, 5) is 25.5. The van der Waals surface area contributed by atoms with Gasteiger partial charge in [-0.1, -0.05) is 30.3 Å². The molecule has 0 aromatic heterocycles. The Morgan fingerprint density at radius 2 is 1.96 bits per heavy atom. The van der Waals surface area contributed by atoms with E-state index in [4.69, 9.17) is 5.73 Å². The zero-order chi connectivity index (χ0) is 17.1. The van der Waals surface area contributed by atoms with Gasteiger partial charge in [0, 0.05) is 25.4 Å². The first kappa shape index (κ1) is 17.4. The first-order valence-corrected chi connectivity index (χ1v) is 7.71. The first-order chi connectivity index (χ1) is 10.8. The van der Waals surface area contributed by atoms with E-state index >= 15 is 0 Å². The summed E-state index contributed by atoms with van der Waals surface area (Å²) < 4.78 is 4.43. The number of benzene rings is 1. The lowest BCUT2D eigenvalue weighted by Crippen LogP contribution is -2.50. The Hall–Kier alpha value is -1.92. The predicted octanol–water partition coefficient (Wildman–Crippen LogP) is 0.821. The molecule has 6 heteroatoms. The molecule has 1 aromatic rings. The van der Waals surface area contributed by atoms with E-state index in [1.54, 1.807) is 11.9 Å². The average Bonchev–Trinajstić information content (AvgIpc) is 3.32. The number of amides is 1. The van der Waals surface area contributed by atoms with E-state index in [1.165, 1.54) is 5.56 Å². The Morgan fingerprint density at radius 1 is 1.35 bits per heavy atom. The van der Waals surface area contributed by atoms with Gasteiger partial charge >= 0.3 is 5.97 Å². The van der Waals surface area contributed by atoms with Gasteiger partial charge in [0.05, 0.1) is 7.11 Å². The van der Waals surface area contributed by atoms with E-state index in [2.05, 4.69) is 4.74 Å². The molecule has 1 amide bonds. The highest BCUT2D eigenvalue weighted by molar-refractivity contribution is 5.81. The van der Waals surface area contributed by atoms with Gasteiger partial charge in [0.2, 0.25) is 11.6 Å². The van der Waals surface area contributed by atoms with Crippen LogP contribution in [0.25, 0.3) is 0 Å². The second-order valence-corrected chi connectivity index (χ2v) is 6.26. The number of carbonyl (C=O) groups excluding carboxylic acids is 2. The highest BCUT2D eigenvalue weighted by Crippen LogP contribution is 2.44. The molecule has 0 spiro atoms. The van der Waals surface area contributed by atoms with E-state index in [1.807, 2.05) is 30.3 Å². The molecule has 1 unspecified atom stereocenters. The minimum atomic E-state index is -2.12. The largest absolute Gasteiger partial charge is 0.466 e. The van der Waals surface area contributed by atoms with E-state index in [-0.39, 0.29) is 24.3 Å². The fourth-order valence-electron chi connectivity index (χ4n) is 2.76. The number of esters is 1. The minimum Gasteiger partial charge on any atom is -0.466 e. The maximum absolute atomic E-state index is 12.4. The number of likely N-dealkylation sites (N-methyl/N-ethyl adjacent to an activating group) is 1. The zero-order valence-corrected chi connectivity index (χ0v) is 13.6. The van der Waals surface area contributed by atoms with Crippen LogP contribution < -0.4 is 5.73 Å². The highest BCUT2D eigenvalue weighted by Gasteiger charge is 2.48. The summed E-state index contributed by atoms with van der Waals surface area (Å²) in [5.74, 6) is -1.07. The Labute approximate surface area is 136 Å². The van der Waals surface area contributed by atoms with Crippen molar-refractivity contribution in [3.8, 4) is 0 Å². The van der Waals surface area contributed by atoms with Crippen LogP contribution >= 0.6 is 0 Å². The number of methoxy groups -OCH3 is 1. The van der Waals surface area contributed by atoms with Crippen LogP contribution in [0.15, 0.2) is 30.3 Å². The molecule has 23 heavy (non-hydrogen) atoms. The lowest BCUT2D eigenvalue weighted by atomic mass is 10.0. The molecule has 3 N–H and O–H groups in total. The quantitative estimate of drug-likeness (QED) is 0.573. The predicted molar refractivity (Wildman–Crippen MR) is 85.3 cm³/mol. The van der Waals surface area contributed by atoms with Crippen molar-refractivity contribution in [3.63, 3.8) is 0 Å². The van der Waals surface area contributed by atoms with Crippen molar-refractivity contribution in [2.45, 2.75) is 43.4 Å². The van der Waals surface area contributed by atoms with Gasteiger partial charge in [-0.3, -0.25) is 10.5 Å². The summed E-state index contributed by atoms with van der Waals surface area (Å²) in [7, 11) is 2.92. The Kier molecular flexibility index (Phi) is 5.06. The van der Waals surface area contributed by atoms with Crippen LogP contribution in [0.4, 0.5) is 0 Å². The molecule has 6 nitrogen and oxygen atoms in total. The van der Waals surface area contributed by atoms with Gasteiger partial charge in [0.25, 0.3) is 0 Å². The topological polar surface area (TPSA) is 92.9 Å². The molecule has 0 aliphatic heterocycles. The molecule has 1 atom stereocenters. The second kappa shape index (κ2) is 6.68. The monoisotopic (exact) mass is 320 g/mol. The molecule has 0 saturated heterocycles. The van der Waals surface area contributed by atoms with Crippen LogP contribution in [0.2, 0.25) is 0 Å². The van der Waals surface area contributed by atoms with E-state index in [9.17, 15) is 14.7 Å². The number of rotatable bonds is 7. The summed E-state index contributed by atoms with van der Waals surface area (Å²) in [5.41, 5.74) is 4.39. The van der Waals surface area contributed by atoms with Gasteiger partial charge in [-0.05, 0) is 24.8 Å². The van der Waals surface area contributed by atoms with Crippen molar-refractivity contribution >= 4 is 11.9 Å². The lowest BCUT2D eigenvalue weighted by Gasteiger charge is -2.29. The molecule has 126 valence electrons. The second-order valence-electron chi connectivity index (χ2n) is 6.26. The molecular formula is C17H24N2O4. The number of ether oxygens (including phenoxy) is 1. The third kappa shape index (κ3) is 4.09. The van der Waals surface area contributed by atoms with Crippen molar-refractivity contribution < 1.29 is 19.4 Å². The summed E-state index contributed by atoms with van der Waals surface area (Å²) in [6, 6.07) is 10.0. The lowest BCUT2D eigenvalue weighted by molar-refractivity contribution is -0.163. The molecule has 0 heterocycles. The number of carbonyl (C=O) groups is 2. The standard InChI is InChI=1S/C17H24N2O4/c1-19(14(20)8-9-17(18,22)15(21)23-2)16(10-11-16)12-13-6-4-3-5-7-13/h3-7,22H,8-12,18H2,1-2H3. The third-order valence-corrected chi connectivity index (χ3v) is 4.55. The number of hydrogen-bond donors (Lipinski definition) is 2. The number of nitrogens with zero attached hydrogens (tertiary/aromatic N) is 1. The molecular weight excluding hydrogens is 296 g/mol. The van der Waals surface area contributed by atoms with Gasteiger partial charge < -0.3 is 14.7 Å². The van der Waals surface area contributed by atoms with Crippen molar-refractivity contribution in [2.24, 2.45) is 5.73 Å². The summed E-state index contributed by atoms with van der Waals surface area (Å²) in [6.45, 7) is 0. The third-order valence-electron chi connectivity index (χ3n) is 4.55. The molecule has 1 aromatic carbocycles. The SMILES string of the molecule is COC(=O)C(N)(O)CCC(=O)N(C)C1(Cc2ccccc2)CC1. The molecule has 1 aliphatic carbocycles. The first-order valence-electron chi connectivity index (χ1n) is 7.71. The van der Waals surface area contributed by atoms with Crippen LogP contribution in [0, 0.1) is 0 Å². The fraction of sp³-hybridized carbons (Fsp3) is 0.529. The maximum Gasteiger partial charge on any atom is 0.353 e. The van der Waals surface area contributed by atoms with Crippen molar-refractivity contribution in [3.05, 3.63) is 35.9 Å². The molecule has 0 bridgehead atoms. The highest BCUT2D eigenvalue weighted by atomic mass is 16.5. The number of hydrogen-bond acceptors (Lipinski definition) is 5. The minimum absolute atomic E-state index is 0.00482. The number of aliphatic hydroxyl groups is 1. The van der Waals surface area contributed by atoms with Crippen molar-refractivity contribution in [1.82, 2.24) is 4.90 Å². The zero-order valence-electron chi connectivity index (χ0n) is 13.6. The summed E-state index contributed by atoms with van der Waals surface area (Å²) >= 11 is 0. The van der Waals surface area contributed by atoms with Gasteiger partial charge in [-0.2, -0.15) is 0 Å². The summed E-state index contributed by atoms with van der Waals surface area (Å²) in [6.07, 6.45) is 2.54. The van der Waals surface area contributed by atoms with Crippen LogP contribution in [0.3, 0.4) is 0 Å². The average molecular weight is 320 g/mol. The van der Waals surface area contributed by atoms with E-state index in [0.29, 0.717) is 0 Å². The van der Waals surface area contributed by atoms with Gasteiger partial charge in [-0.15, -0.1) is 0 Å². The molecule has 1 fully saturated rings. The van der Waals surface area contributed by atoms with Crippen LogP contribution in [-0.4, -0.2) is 47.3 Å². The van der Waals surface area contributed by atoms with Gasteiger partial charge in [0.15, 0.2) is 0 Å². The van der Waals surface area contributed by atoms with E-state index in [0.717, 1.165) is 26.4 Å². The van der Waals surface area contributed by atoms with E-state index < -0.39 is 11.7 Å². The van der Waals surface area contributed by atoms with Crippen LogP contribution in [0.1, 0.15) is 31.2 Å².